The zero-order valence-corrected chi connectivity index (χ0v) is 16.4. The van der Waals surface area contributed by atoms with Gasteiger partial charge in [0.25, 0.3) is 0 Å². The Morgan fingerprint density at radius 2 is 1.33 bits per heavy atom. The van der Waals surface area contributed by atoms with Crippen LogP contribution >= 0.6 is 0 Å². The van der Waals surface area contributed by atoms with Crippen molar-refractivity contribution in [3.05, 3.63) is 101 Å². The smallest absolute Gasteiger partial charge is 0.240 e. The van der Waals surface area contributed by atoms with Gasteiger partial charge < -0.3 is 4.74 Å². The minimum atomic E-state index is -0.373. The molecule has 0 saturated heterocycles. The maximum Gasteiger partial charge on any atom is 0.240 e. The van der Waals surface area contributed by atoms with Crippen LogP contribution in [0.15, 0.2) is 78.9 Å². The Morgan fingerprint density at radius 3 is 1.81 bits per heavy atom. The van der Waals surface area contributed by atoms with E-state index in [0.29, 0.717) is 0 Å². The number of methoxy groups -OCH3 is 1. The molecule has 136 valence electrons. The predicted octanol–water partition coefficient (Wildman–Crippen LogP) is 5.23. The van der Waals surface area contributed by atoms with Gasteiger partial charge in [-0.2, -0.15) is 0 Å². The molecule has 0 atom stereocenters. The summed E-state index contributed by atoms with van der Waals surface area (Å²) in [7, 11) is 1.72. The molecule has 0 aliphatic carbocycles. The molecule has 3 aromatic rings. The molecule has 1 aliphatic heterocycles. The van der Waals surface area contributed by atoms with Gasteiger partial charge >= 0.3 is 0 Å². The average molecular weight is 356 g/mol. The minimum absolute atomic E-state index is 0.0715. The number of nitrogens with zero attached hydrogens (tertiary/aromatic N) is 1. The largest absolute Gasteiger partial charge is 0.497 e. The molecule has 1 heterocycles. The van der Waals surface area contributed by atoms with Crippen molar-refractivity contribution in [2.75, 3.05) is 7.11 Å². The first kappa shape index (κ1) is 17.5. The molecule has 3 aromatic carbocycles. The zero-order chi connectivity index (χ0) is 19.1. The maximum absolute atomic E-state index is 5.50. The minimum Gasteiger partial charge on any atom is -0.497 e. The maximum atomic E-state index is 5.50. The van der Waals surface area contributed by atoms with E-state index in [1.165, 1.54) is 22.3 Å². The van der Waals surface area contributed by atoms with Crippen molar-refractivity contribution in [1.82, 2.24) is 0 Å². The second kappa shape index (κ2) is 6.38. The first-order chi connectivity index (χ1) is 13.0. The van der Waals surface area contributed by atoms with E-state index < -0.39 is 0 Å². The van der Waals surface area contributed by atoms with Crippen LogP contribution in [0, 0.1) is 0 Å². The lowest BCUT2D eigenvalue weighted by atomic mass is 9.75. The molecule has 0 unspecified atom stereocenters. The lowest BCUT2D eigenvalue weighted by molar-refractivity contribution is -0.648. The highest BCUT2D eigenvalue weighted by Crippen LogP contribution is 2.47. The van der Waals surface area contributed by atoms with Crippen LogP contribution in [0.3, 0.4) is 0 Å². The van der Waals surface area contributed by atoms with Gasteiger partial charge in [0.05, 0.1) is 12.7 Å². The number of hydrogen-bond acceptors (Lipinski definition) is 1. The summed E-state index contributed by atoms with van der Waals surface area (Å²) in [6.45, 7) is 6.81. The second-order valence-electron chi connectivity index (χ2n) is 8.07. The number of benzene rings is 3. The molecule has 0 saturated carbocycles. The summed E-state index contributed by atoms with van der Waals surface area (Å²) in [4.78, 5) is 0. The molecule has 2 heteroatoms. The van der Waals surface area contributed by atoms with Crippen LogP contribution < -0.4 is 4.74 Å². The summed E-state index contributed by atoms with van der Waals surface area (Å²) in [6.07, 6.45) is 2.29. The van der Waals surface area contributed by atoms with E-state index in [-0.39, 0.29) is 11.1 Å². The van der Waals surface area contributed by atoms with E-state index in [9.17, 15) is 0 Å². The summed E-state index contributed by atoms with van der Waals surface area (Å²) >= 11 is 0. The van der Waals surface area contributed by atoms with Gasteiger partial charge in [0, 0.05) is 16.7 Å². The van der Waals surface area contributed by atoms with Crippen LogP contribution in [0.2, 0.25) is 0 Å². The highest BCUT2D eigenvalue weighted by Gasteiger charge is 2.55. The van der Waals surface area contributed by atoms with Crippen LogP contribution in [0.5, 0.6) is 5.75 Å². The van der Waals surface area contributed by atoms with Crippen molar-refractivity contribution in [3.63, 3.8) is 0 Å². The number of ether oxygens (including phenoxy) is 1. The summed E-state index contributed by atoms with van der Waals surface area (Å²) in [5.41, 5.74) is 4.59. The van der Waals surface area contributed by atoms with Gasteiger partial charge in [-0.25, -0.2) is 4.58 Å². The average Bonchev–Trinajstić information content (AvgIpc) is 3.05. The van der Waals surface area contributed by atoms with Crippen LogP contribution in [0.1, 0.15) is 43.0 Å². The highest BCUT2D eigenvalue weighted by atomic mass is 16.5. The topological polar surface area (TPSA) is 12.2 Å². The summed E-state index contributed by atoms with van der Waals surface area (Å²) in [5, 5.41) is 0. The number of rotatable bonds is 3. The standard InChI is InChI=1S/C25H26NO/c1-24(2,3)26-18-19-17-22(27-4)15-16-23(19)25(26,20-11-7-5-8-12-20)21-13-9-6-10-14-21/h5-18H,1-4H3/q+1. The van der Waals surface area contributed by atoms with Gasteiger partial charge in [0.15, 0.2) is 11.8 Å². The molecule has 2 nitrogen and oxygen atoms in total. The molecule has 4 rings (SSSR count). The number of hydrogen-bond donors (Lipinski definition) is 0. The third-order valence-electron chi connectivity index (χ3n) is 5.38. The SMILES string of the molecule is COc1ccc2c(c1)C=[N+](C(C)(C)C)C2(c1ccccc1)c1ccccc1. The Morgan fingerprint density at radius 1 is 0.778 bits per heavy atom. The van der Waals surface area contributed by atoms with Gasteiger partial charge in [-0.1, -0.05) is 60.7 Å². The summed E-state index contributed by atoms with van der Waals surface area (Å²) < 4.78 is 8.00. The van der Waals surface area contributed by atoms with E-state index in [1.807, 2.05) is 0 Å². The normalized spacial score (nSPS) is 15.2. The van der Waals surface area contributed by atoms with Crippen LogP contribution in [0.4, 0.5) is 0 Å². The Kier molecular flexibility index (Phi) is 4.15. The monoisotopic (exact) mass is 356 g/mol. The van der Waals surface area contributed by atoms with E-state index in [0.717, 1.165) is 5.75 Å². The van der Waals surface area contributed by atoms with Crippen molar-refractivity contribution < 1.29 is 9.31 Å². The lowest BCUT2D eigenvalue weighted by Gasteiger charge is -2.35. The molecule has 0 radical (unpaired) electrons. The quantitative estimate of drug-likeness (QED) is 0.585. The molecular weight excluding hydrogens is 330 g/mol. The predicted molar refractivity (Wildman–Crippen MR) is 111 cm³/mol. The summed E-state index contributed by atoms with van der Waals surface area (Å²) in [5.74, 6) is 0.885. The van der Waals surface area contributed by atoms with E-state index in [1.54, 1.807) is 7.11 Å². The van der Waals surface area contributed by atoms with Gasteiger partial charge in [-0.05, 0) is 39.0 Å². The molecular formula is C25H26NO+. The Hall–Kier alpha value is -2.87. The highest BCUT2D eigenvalue weighted by molar-refractivity contribution is 5.84. The fourth-order valence-electron chi connectivity index (χ4n) is 4.28. The van der Waals surface area contributed by atoms with Crippen molar-refractivity contribution >= 4 is 6.21 Å². The van der Waals surface area contributed by atoms with E-state index in [2.05, 4.69) is 110 Å². The first-order valence-corrected chi connectivity index (χ1v) is 9.42. The van der Waals surface area contributed by atoms with Gasteiger partial charge in [0.1, 0.15) is 5.75 Å². The third-order valence-corrected chi connectivity index (χ3v) is 5.38. The molecule has 0 spiro atoms. The van der Waals surface area contributed by atoms with E-state index in [4.69, 9.17) is 4.74 Å². The Balaban J connectivity index is 2.12. The van der Waals surface area contributed by atoms with Crippen molar-refractivity contribution in [1.29, 1.82) is 0 Å². The van der Waals surface area contributed by atoms with Crippen LogP contribution in [-0.4, -0.2) is 23.4 Å². The lowest BCUT2D eigenvalue weighted by Crippen LogP contribution is -2.48. The Labute approximate surface area is 161 Å². The van der Waals surface area contributed by atoms with Crippen molar-refractivity contribution in [2.45, 2.75) is 31.8 Å². The molecule has 1 aliphatic rings. The summed E-state index contributed by atoms with van der Waals surface area (Å²) in [6, 6.07) is 28.0. The molecule has 27 heavy (non-hydrogen) atoms. The van der Waals surface area contributed by atoms with Gasteiger partial charge in [-0.15, -0.1) is 0 Å². The third kappa shape index (κ3) is 2.68. The van der Waals surface area contributed by atoms with E-state index >= 15 is 0 Å². The fraction of sp³-hybridized carbons (Fsp3) is 0.240. The second-order valence-corrected chi connectivity index (χ2v) is 8.07. The van der Waals surface area contributed by atoms with Gasteiger partial charge in [0.2, 0.25) is 5.54 Å². The van der Waals surface area contributed by atoms with Gasteiger partial charge in [-0.3, -0.25) is 0 Å². The molecule has 0 bridgehead atoms. The van der Waals surface area contributed by atoms with Crippen LogP contribution in [-0.2, 0) is 5.54 Å². The molecule has 0 fully saturated rings. The van der Waals surface area contributed by atoms with Crippen LogP contribution in [0.25, 0.3) is 0 Å². The molecule has 0 amide bonds. The van der Waals surface area contributed by atoms with Crippen molar-refractivity contribution in [3.8, 4) is 5.75 Å². The van der Waals surface area contributed by atoms with Crippen molar-refractivity contribution in [2.24, 2.45) is 0 Å². The fourth-order valence-corrected chi connectivity index (χ4v) is 4.28. The first-order valence-electron chi connectivity index (χ1n) is 9.42. The Bertz CT molecular complexity index is 942. The molecule has 0 N–H and O–H groups in total. The number of fused-ring (bicyclic) bond motifs is 1. The zero-order valence-electron chi connectivity index (χ0n) is 16.4. The molecule has 0 aromatic heterocycles.